The SMILES string of the molecule is C=C[C@H]1CN(CCCCCCC)CC[C@H]1CC(=O)O. The first-order chi connectivity index (χ1) is 9.17. The van der Waals surface area contributed by atoms with Gasteiger partial charge in [0, 0.05) is 13.0 Å². The molecule has 0 spiro atoms. The molecule has 1 aliphatic rings. The van der Waals surface area contributed by atoms with Gasteiger partial charge in [-0.15, -0.1) is 6.58 Å². The molecule has 0 aromatic heterocycles. The number of piperidine rings is 1. The van der Waals surface area contributed by atoms with Crippen LogP contribution in [0.4, 0.5) is 0 Å². The van der Waals surface area contributed by atoms with Gasteiger partial charge in [-0.1, -0.05) is 38.7 Å². The lowest BCUT2D eigenvalue weighted by atomic mass is 9.83. The molecule has 3 heteroatoms. The second-order valence-electron chi connectivity index (χ2n) is 5.76. The fourth-order valence-corrected chi connectivity index (χ4v) is 2.99. The fraction of sp³-hybridized carbons (Fsp3) is 0.812. The number of carboxylic acid groups (broad SMARTS) is 1. The van der Waals surface area contributed by atoms with Gasteiger partial charge >= 0.3 is 5.97 Å². The molecule has 1 heterocycles. The lowest BCUT2D eigenvalue weighted by Gasteiger charge is -2.36. The molecule has 0 bridgehead atoms. The summed E-state index contributed by atoms with van der Waals surface area (Å²) in [6, 6.07) is 0. The van der Waals surface area contributed by atoms with Crippen molar-refractivity contribution in [2.45, 2.75) is 51.9 Å². The number of carbonyl (C=O) groups is 1. The highest BCUT2D eigenvalue weighted by Gasteiger charge is 2.28. The number of nitrogens with zero attached hydrogens (tertiary/aromatic N) is 1. The summed E-state index contributed by atoms with van der Waals surface area (Å²) in [6.45, 7) is 9.32. The van der Waals surface area contributed by atoms with Crippen molar-refractivity contribution in [1.29, 1.82) is 0 Å². The van der Waals surface area contributed by atoms with Crippen LogP contribution < -0.4 is 0 Å². The van der Waals surface area contributed by atoms with E-state index in [1.54, 1.807) is 0 Å². The smallest absolute Gasteiger partial charge is 0.303 e. The molecule has 0 aliphatic carbocycles. The Kier molecular flexibility index (Phi) is 7.80. The van der Waals surface area contributed by atoms with Gasteiger partial charge in [0.25, 0.3) is 0 Å². The van der Waals surface area contributed by atoms with E-state index in [4.69, 9.17) is 5.11 Å². The summed E-state index contributed by atoms with van der Waals surface area (Å²) in [6.07, 6.45) is 9.82. The monoisotopic (exact) mass is 267 g/mol. The summed E-state index contributed by atoms with van der Waals surface area (Å²) in [5.74, 6) is -0.0447. The maximum atomic E-state index is 10.8. The van der Waals surface area contributed by atoms with Crippen LogP contribution in [0, 0.1) is 11.8 Å². The van der Waals surface area contributed by atoms with Crippen molar-refractivity contribution in [1.82, 2.24) is 4.90 Å². The van der Waals surface area contributed by atoms with E-state index < -0.39 is 5.97 Å². The largest absolute Gasteiger partial charge is 0.481 e. The summed E-state index contributed by atoms with van der Waals surface area (Å²) in [5, 5.41) is 8.92. The minimum absolute atomic E-state index is 0.284. The lowest BCUT2D eigenvalue weighted by molar-refractivity contribution is -0.138. The summed E-state index contributed by atoms with van der Waals surface area (Å²) in [4.78, 5) is 13.3. The Morgan fingerprint density at radius 2 is 2.11 bits per heavy atom. The zero-order valence-electron chi connectivity index (χ0n) is 12.3. The van der Waals surface area contributed by atoms with Gasteiger partial charge in [-0.2, -0.15) is 0 Å². The molecule has 3 nitrogen and oxygen atoms in total. The molecule has 0 radical (unpaired) electrons. The summed E-state index contributed by atoms with van der Waals surface area (Å²) in [7, 11) is 0. The van der Waals surface area contributed by atoms with Crippen LogP contribution in [0.1, 0.15) is 51.9 Å². The number of unbranched alkanes of at least 4 members (excludes halogenated alkanes) is 4. The molecular weight excluding hydrogens is 238 g/mol. The number of aliphatic carboxylic acids is 1. The van der Waals surface area contributed by atoms with Gasteiger partial charge in [0.15, 0.2) is 0 Å². The lowest BCUT2D eigenvalue weighted by Crippen LogP contribution is -2.40. The van der Waals surface area contributed by atoms with Crippen LogP contribution in [0.3, 0.4) is 0 Å². The Morgan fingerprint density at radius 1 is 1.37 bits per heavy atom. The molecule has 19 heavy (non-hydrogen) atoms. The molecular formula is C16H29NO2. The number of rotatable bonds is 9. The van der Waals surface area contributed by atoms with Crippen LogP contribution in [0.2, 0.25) is 0 Å². The van der Waals surface area contributed by atoms with Crippen LogP contribution in [0.15, 0.2) is 12.7 Å². The van der Waals surface area contributed by atoms with Gasteiger partial charge in [0.05, 0.1) is 0 Å². The number of hydrogen-bond donors (Lipinski definition) is 1. The molecule has 1 aliphatic heterocycles. The minimum Gasteiger partial charge on any atom is -0.481 e. The molecule has 1 rings (SSSR count). The van der Waals surface area contributed by atoms with Gasteiger partial charge in [-0.3, -0.25) is 4.79 Å². The molecule has 0 unspecified atom stereocenters. The van der Waals surface area contributed by atoms with E-state index in [-0.39, 0.29) is 5.92 Å². The Bertz CT molecular complexity index is 278. The van der Waals surface area contributed by atoms with Crippen molar-refractivity contribution < 1.29 is 9.90 Å². The predicted octanol–water partition coefficient (Wildman–Crippen LogP) is 3.56. The highest BCUT2D eigenvalue weighted by atomic mass is 16.4. The van der Waals surface area contributed by atoms with Crippen molar-refractivity contribution in [2.24, 2.45) is 11.8 Å². The second-order valence-corrected chi connectivity index (χ2v) is 5.76. The molecule has 2 atom stereocenters. The first kappa shape index (κ1) is 16.2. The maximum Gasteiger partial charge on any atom is 0.303 e. The van der Waals surface area contributed by atoms with Crippen LogP contribution in [-0.2, 0) is 4.79 Å². The molecule has 110 valence electrons. The van der Waals surface area contributed by atoms with Gasteiger partial charge < -0.3 is 10.0 Å². The highest BCUT2D eigenvalue weighted by Crippen LogP contribution is 2.27. The number of carboxylic acids is 1. The molecule has 0 amide bonds. The van der Waals surface area contributed by atoms with Crippen molar-refractivity contribution in [3.05, 3.63) is 12.7 Å². The Balaban J connectivity index is 2.25. The van der Waals surface area contributed by atoms with E-state index in [9.17, 15) is 4.79 Å². The molecule has 1 fully saturated rings. The third kappa shape index (κ3) is 6.24. The fourth-order valence-electron chi connectivity index (χ4n) is 2.99. The first-order valence-electron chi connectivity index (χ1n) is 7.74. The molecule has 1 saturated heterocycles. The summed E-state index contributed by atoms with van der Waals surface area (Å²) >= 11 is 0. The third-order valence-corrected chi connectivity index (χ3v) is 4.21. The minimum atomic E-state index is -0.676. The third-order valence-electron chi connectivity index (χ3n) is 4.21. The maximum absolute atomic E-state index is 10.8. The Morgan fingerprint density at radius 3 is 2.74 bits per heavy atom. The van der Waals surface area contributed by atoms with Crippen LogP contribution in [-0.4, -0.2) is 35.6 Å². The number of hydrogen-bond acceptors (Lipinski definition) is 2. The normalized spacial score (nSPS) is 24.3. The van der Waals surface area contributed by atoms with E-state index in [1.165, 1.54) is 32.1 Å². The standard InChI is InChI=1S/C16H29NO2/c1-3-5-6-7-8-10-17-11-9-15(12-16(18)19)14(4-2)13-17/h4,14-15H,2-3,5-13H2,1H3,(H,18,19)/t14-,15-/m0/s1. The quantitative estimate of drug-likeness (QED) is 0.513. The van der Waals surface area contributed by atoms with Crippen molar-refractivity contribution in [2.75, 3.05) is 19.6 Å². The molecule has 0 aromatic rings. The number of likely N-dealkylation sites (tertiary alicyclic amines) is 1. The van der Waals surface area contributed by atoms with Crippen molar-refractivity contribution in [3.8, 4) is 0 Å². The van der Waals surface area contributed by atoms with Crippen LogP contribution in [0.25, 0.3) is 0 Å². The van der Waals surface area contributed by atoms with Gasteiger partial charge in [-0.05, 0) is 37.8 Å². The Hall–Kier alpha value is -0.830. The zero-order valence-corrected chi connectivity index (χ0v) is 12.3. The van der Waals surface area contributed by atoms with E-state index >= 15 is 0 Å². The van der Waals surface area contributed by atoms with E-state index in [2.05, 4.69) is 18.4 Å². The summed E-state index contributed by atoms with van der Waals surface area (Å²) in [5.41, 5.74) is 0. The first-order valence-corrected chi connectivity index (χ1v) is 7.74. The van der Waals surface area contributed by atoms with E-state index in [1.807, 2.05) is 6.08 Å². The van der Waals surface area contributed by atoms with Gasteiger partial charge in [0.2, 0.25) is 0 Å². The zero-order chi connectivity index (χ0) is 14.1. The molecule has 0 saturated carbocycles. The summed E-state index contributed by atoms with van der Waals surface area (Å²) < 4.78 is 0. The van der Waals surface area contributed by atoms with Crippen molar-refractivity contribution in [3.63, 3.8) is 0 Å². The van der Waals surface area contributed by atoms with Gasteiger partial charge in [-0.25, -0.2) is 0 Å². The topological polar surface area (TPSA) is 40.5 Å². The van der Waals surface area contributed by atoms with Crippen LogP contribution in [0.5, 0.6) is 0 Å². The van der Waals surface area contributed by atoms with Crippen LogP contribution >= 0.6 is 0 Å². The molecule has 1 N–H and O–H groups in total. The predicted molar refractivity (Wildman–Crippen MR) is 79.2 cm³/mol. The molecule has 0 aromatic carbocycles. The van der Waals surface area contributed by atoms with E-state index in [0.717, 1.165) is 26.1 Å². The Labute approximate surface area is 117 Å². The highest BCUT2D eigenvalue weighted by molar-refractivity contribution is 5.67. The average Bonchev–Trinajstić information content (AvgIpc) is 2.39. The van der Waals surface area contributed by atoms with Crippen molar-refractivity contribution >= 4 is 5.97 Å². The second kappa shape index (κ2) is 9.13. The van der Waals surface area contributed by atoms with Gasteiger partial charge in [0.1, 0.15) is 0 Å². The average molecular weight is 267 g/mol. The van der Waals surface area contributed by atoms with E-state index in [0.29, 0.717) is 12.3 Å².